The van der Waals surface area contributed by atoms with Gasteiger partial charge in [0.05, 0.1) is 17.7 Å². The van der Waals surface area contributed by atoms with Crippen LogP contribution in [0.4, 0.5) is 5.69 Å². The van der Waals surface area contributed by atoms with Gasteiger partial charge in [0.2, 0.25) is 0 Å². The number of methoxy groups -OCH3 is 1. The zero-order valence-electron chi connectivity index (χ0n) is 11.8. The molecule has 0 unspecified atom stereocenters. The number of carbonyl (C=O) groups is 1. The van der Waals surface area contributed by atoms with E-state index in [1.165, 1.54) is 0 Å². The summed E-state index contributed by atoms with van der Waals surface area (Å²) in [4.78, 5) is 11.0. The summed E-state index contributed by atoms with van der Waals surface area (Å²) in [7, 11) is 1.57. The quantitative estimate of drug-likeness (QED) is 0.877. The maximum atomic E-state index is 11.0. The van der Waals surface area contributed by atoms with Crippen LogP contribution >= 0.6 is 11.6 Å². The lowest BCUT2D eigenvalue weighted by molar-refractivity contribution is 0.0697. The van der Waals surface area contributed by atoms with E-state index >= 15 is 0 Å². The number of carboxylic acids is 1. The number of benzene rings is 2. The monoisotopic (exact) mass is 305 g/mol. The van der Waals surface area contributed by atoms with E-state index in [2.05, 4.69) is 5.32 Å². The highest BCUT2D eigenvalue weighted by molar-refractivity contribution is 6.32. The standard InChI is InChI=1S/C16H16ClNO3/c1-10-3-5-12(16(19)20)8-14(10)18-9-11-4-6-15(21-2)13(17)7-11/h3-8,18H,9H2,1-2H3,(H,19,20). The van der Waals surface area contributed by atoms with Crippen LogP contribution in [-0.4, -0.2) is 18.2 Å². The Balaban J connectivity index is 2.14. The van der Waals surface area contributed by atoms with Gasteiger partial charge >= 0.3 is 5.97 Å². The number of hydrogen-bond acceptors (Lipinski definition) is 3. The third-order valence-electron chi connectivity index (χ3n) is 3.18. The SMILES string of the molecule is COc1ccc(CNc2cc(C(=O)O)ccc2C)cc1Cl. The van der Waals surface area contributed by atoms with Crippen molar-refractivity contribution in [2.45, 2.75) is 13.5 Å². The van der Waals surface area contributed by atoms with Gasteiger partial charge in [0.25, 0.3) is 0 Å². The Hall–Kier alpha value is -2.20. The molecule has 0 heterocycles. The average Bonchev–Trinajstić information content (AvgIpc) is 2.46. The molecule has 21 heavy (non-hydrogen) atoms. The second-order valence-corrected chi connectivity index (χ2v) is 5.06. The number of ether oxygens (including phenoxy) is 1. The maximum absolute atomic E-state index is 11.0. The molecule has 0 saturated carbocycles. The summed E-state index contributed by atoms with van der Waals surface area (Å²) in [5.41, 5.74) is 3.03. The van der Waals surface area contributed by atoms with Gasteiger partial charge in [0, 0.05) is 12.2 Å². The second kappa shape index (κ2) is 6.50. The maximum Gasteiger partial charge on any atom is 0.335 e. The highest BCUT2D eigenvalue weighted by Crippen LogP contribution is 2.25. The van der Waals surface area contributed by atoms with Crippen molar-refractivity contribution < 1.29 is 14.6 Å². The lowest BCUT2D eigenvalue weighted by Gasteiger charge is -2.11. The first-order chi connectivity index (χ1) is 10.0. The first-order valence-electron chi connectivity index (χ1n) is 6.41. The van der Waals surface area contributed by atoms with Crippen LogP contribution < -0.4 is 10.1 Å². The first-order valence-corrected chi connectivity index (χ1v) is 6.79. The van der Waals surface area contributed by atoms with E-state index in [-0.39, 0.29) is 5.56 Å². The normalized spacial score (nSPS) is 10.2. The van der Waals surface area contributed by atoms with Crippen LogP contribution in [0.3, 0.4) is 0 Å². The van der Waals surface area contributed by atoms with Crippen molar-refractivity contribution >= 4 is 23.3 Å². The van der Waals surface area contributed by atoms with E-state index in [1.54, 1.807) is 31.4 Å². The van der Waals surface area contributed by atoms with Gasteiger partial charge in [0.15, 0.2) is 0 Å². The van der Waals surface area contributed by atoms with Gasteiger partial charge in [0.1, 0.15) is 5.75 Å². The van der Waals surface area contributed by atoms with Crippen molar-refractivity contribution in [1.82, 2.24) is 0 Å². The molecule has 0 amide bonds. The number of carboxylic acid groups (broad SMARTS) is 1. The molecule has 0 aliphatic carbocycles. The Morgan fingerprint density at radius 3 is 2.67 bits per heavy atom. The number of halogens is 1. The van der Waals surface area contributed by atoms with Crippen LogP contribution in [0.5, 0.6) is 5.75 Å². The largest absolute Gasteiger partial charge is 0.495 e. The number of aromatic carboxylic acids is 1. The lowest BCUT2D eigenvalue weighted by Crippen LogP contribution is -2.04. The Labute approximate surface area is 128 Å². The third-order valence-corrected chi connectivity index (χ3v) is 3.48. The topological polar surface area (TPSA) is 58.6 Å². The molecule has 0 saturated heterocycles. The smallest absolute Gasteiger partial charge is 0.335 e. The van der Waals surface area contributed by atoms with Crippen molar-refractivity contribution in [1.29, 1.82) is 0 Å². The summed E-state index contributed by atoms with van der Waals surface area (Å²) in [5.74, 6) is -0.310. The Morgan fingerprint density at radius 1 is 1.29 bits per heavy atom. The fourth-order valence-corrected chi connectivity index (χ4v) is 2.24. The van der Waals surface area contributed by atoms with E-state index in [4.69, 9.17) is 21.4 Å². The molecule has 0 fully saturated rings. The summed E-state index contributed by atoms with van der Waals surface area (Å²) in [6, 6.07) is 10.5. The molecule has 0 radical (unpaired) electrons. The van der Waals surface area contributed by atoms with Gasteiger partial charge in [-0.05, 0) is 42.3 Å². The zero-order valence-corrected chi connectivity index (χ0v) is 12.6. The number of nitrogens with one attached hydrogen (secondary N) is 1. The fraction of sp³-hybridized carbons (Fsp3) is 0.188. The van der Waals surface area contributed by atoms with E-state index in [0.717, 1.165) is 16.8 Å². The number of anilines is 1. The summed E-state index contributed by atoms with van der Waals surface area (Å²) in [5, 5.41) is 12.8. The highest BCUT2D eigenvalue weighted by atomic mass is 35.5. The predicted octanol–water partition coefficient (Wildman–Crippen LogP) is 3.97. The van der Waals surface area contributed by atoms with Crippen molar-refractivity contribution in [3.63, 3.8) is 0 Å². The van der Waals surface area contributed by atoms with Crippen LogP contribution in [0.25, 0.3) is 0 Å². The molecule has 5 heteroatoms. The van der Waals surface area contributed by atoms with Crippen LogP contribution in [0, 0.1) is 6.92 Å². The molecular formula is C16H16ClNO3. The minimum atomic E-state index is -0.939. The lowest BCUT2D eigenvalue weighted by atomic mass is 10.1. The molecule has 110 valence electrons. The Kier molecular flexibility index (Phi) is 4.70. The summed E-state index contributed by atoms with van der Waals surface area (Å²) in [6.07, 6.45) is 0. The van der Waals surface area contributed by atoms with Gasteiger partial charge in [-0.25, -0.2) is 4.79 Å². The van der Waals surface area contributed by atoms with Crippen molar-refractivity contribution in [2.24, 2.45) is 0 Å². The molecule has 0 bridgehead atoms. The molecule has 0 aliphatic rings. The van der Waals surface area contributed by atoms with E-state index in [0.29, 0.717) is 17.3 Å². The Morgan fingerprint density at radius 2 is 2.05 bits per heavy atom. The van der Waals surface area contributed by atoms with E-state index in [1.807, 2.05) is 19.1 Å². The van der Waals surface area contributed by atoms with Gasteiger partial charge < -0.3 is 15.2 Å². The fourth-order valence-electron chi connectivity index (χ4n) is 1.96. The molecule has 2 rings (SSSR count). The van der Waals surface area contributed by atoms with Gasteiger partial charge in [-0.1, -0.05) is 23.7 Å². The first kappa shape index (κ1) is 15.2. The number of aryl methyl sites for hydroxylation is 1. The van der Waals surface area contributed by atoms with Crippen molar-refractivity contribution in [2.75, 3.05) is 12.4 Å². The predicted molar refractivity (Wildman–Crippen MR) is 83.5 cm³/mol. The molecule has 2 aromatic rings. The Bertz CT molecular complexity index is 671. The molecule has 0 spiro atoms. The molecule has 0 aromatic heterocycles. The van der Waals surface area contributed by atoms with E-state index < -0.39 is 5.97 Å². The summed E-state index contributed by atoms with van der Waals surface area (Å²) >= 11 is 6.08. The van der Waals surface area contributed by atoms with Gasteiger partial charge in [-0.3, -0.25) is 0 Å². The minimum absolute atomic E-state index is 0.260. The summed E-state index contributed by atoms with van der Waals surface area (Å²) in [6.45, 7) is 2.47. The molecule has 0 aliphatic heterocycles. The molecular weight excluding hydrogens is 290 g/mol. The van der Waals surface area contributed by atoms with Crippen molar-refractivity contribution in [3.8, 4) is 5.75 Å². The van der Waals surface area contributed by atoms with Crippen LogP contribution in [0.15, 0.2) is 36.4 Å². The molecule has 2 aromatic carbocycles. The molecule has 2 N–H and O–H groups in total. The third kappa shape index (κ3) is 3.67. The highest BCUT2D eigenvalue weighted by Gasteiger charge is 2.07. The zero-order chi connectivity index (χ0) is 15.4. The minimum Gasteiger partial charge on any atom is -0.495 e. The summed E-state index contributed by atoms with van der Waals surface area (Å²) < 4.78 is 5.11. The van der Waals surface area contributed by atoms with Crippen LogP contribution in [-0.2, 0) is 6.54 Å². The number of rotatable bonds is 5. The second-order valence-electron chi connectivity index (χ2n) is 4.66. The number of hydrogen-bond donors (Lipinski definition) is 2. The average molecular weight is 306 g/mol. The molecule has 4 nitrogen and oxygen atoms in total. The molecule has 0 atom stereocenters. The van der Waals surface area contributed by atoms with Gasteiger partial charge in [-0.2, -0.15) is 0 Å². The van der Waals surface area contributed by atoms with Crippen LogP contribution in [0.1, 0.15) is 21.5 Å². The van der Waals surface area contributed by atoms with Crippen molar-refractivity contribution in [3.05, 3.63) is 58.1 Å². The van der Waals surface area contributed by atoms with E-state index in [9.17, 15) is 4.79 Å². The van der Waals surface area contributed by atoms with Gasteiger partial charge in [-0.15, -0.1) is 0 Å². The van der Waals surface area contributed by atoms with Crippen LogP contribution in [0.2, 0.25) is 5.02 Å².